The topological polar surface area (TPSA) is 27.8 Å². The third-order valence-electron chi connectivity index (χ3n) is 3.96. The SMILES string of the molecule is CNCCC(c1ccccc1)c1c[nH]c2c(F)cccc12. The number of H-pyrrole nitrogens is 1. The summed E-state index contributed by atoms with van der Waals surface area (Å²) >= 11 is 0. The summed E-state index contributed by atoms with van der Waals surface area (Å²) in [6.45, 7) is 0.918. The van der Waals surface area contributed by atoms with Gasteiger partial charge in [0.1, 0.15) is 5.82 Å². The zero-order chi connectivity index (χ0) is 14.7. The van der Waals surface area contributed by atoms with Crippen LogP contribution in [0.4, 0.5) is 4.39 Å². The molecule has 0 saturated carbocycles. The summed E-state index contributed by atoms with van der Waals surface area (Å²) in [5.74, 6) is 0.0633. The Morgan fingerprint density at radius 2 is 1.90 bits per heavy atom. The van der Waals surface area contributed by atoms with E-state index in [2.05, 4.69) is 34.6 Å². The number of aromatic amines is 1. The Labute approximate surface area is 124 Å². The zero-order valence-corrected chi connectivity index (χ0v) is 12.1. The second kappa shape index (κ2) is 6.10. The molecule has 0 aliphatic carbocycles. The Morgan fingerprint density at radius 3 is 2.67 bits per heavy atom. The lowest BCUT2D eigenvalue weighted by Gasteiger charge is -2.17. The van der Waals surface area contributed by atoms with Crippen LogP contribution < -0.4 is 5.32 Å². The van der Waals surface area contributed by atoms with Crippen molar-refractivity contribution < 1.29 is 4.39 Å². The average molecular weight is 282 g/mol. The van der Waals surface area contributed by atoms with Crippen LogP contribution in [0.15, 0.2) is 54.7 Å². The molecule has 108 valence electrons. The maximum absolute atomic E-state index is 13.9. The second-order valence-corrected chi connectivity index (χ2v) is 5.26. The first-order valence-corrected chi connectivity index (χ1v) is 7.26. The number of nitrogens with one attached hydrogen (secondary N) is 2. The van der Waals surface area contributed by atoms with Gasteiger partial charge in [0.05, 0.1) is 5.52 Å². The fourth-order valence-electron chi connectivity index (χ4n) is 2.90. The summed E-state index contributed by atoms with van der Waals surface area (Å²) in [7, 11) is 1.96. The van der Waals surface area contributed by atoms with Crippen molar-refractivity contribution in [3.8, 4) is 0 Å². The maximum Gasteiger partial charge on any atom is 0.147 e. The van der Waals surface area contributed by atoms with Crippen LogP contribution in [0.25, 0.3) is 10.9 Å². The van der Waals surface area contributed by atoms with E-state index in [1.807, 2.05) is 25.4 Å². The average Bonchev–Trinajstić information content (AvgIpc) is 2.94. The van der Waals surface area contributed by atoms with E-state index in [-0.39, 0.29) is 11.7 Å². The second-order valence-electron chi connectivity index (χ2n) is 5.26. The zero-order valence-electron chi connectivity index (χ0n) is 12.1. The molecule has 0 fully saturated rings. The Morgan fingerprint density at radius 1 is 1.10 bits per heavy atom. The molecule has 1 unspecified atom stereocenters. The van der Waals surface area contributed by atoms with Crippen molar-refractivity contribution in [1.29, 1.82) is 0 Å². The Bertz CT molecular complexity index is 718. The molecule has 1 heterocycles. The number of para-hydroxylation sites is 1. The summed E-state index contributed by atoms with van der Waals surface area (Å²) < 4.78 is 13.9. The van der Waals surface area contributed by atoms with Crippen molar-refractivity contribution in [3.05, 3.63) is 71.7 Å². The molecule has 0 aliphatic heterocycles. The van der Waals surface area contributed by atoms with Gasteiger partial charge in [0.2, 0.25) is 0 Å². The van der Waals surface area contributed by atoms with Crippen molar-refractivity contribution >= 4 is 10.9 Å². The molecule has 0 saturated heterocycles. The number of aromatic nitrogens is 1. The first-order chi connectivity index (χ1) is 10.3. The third-order valence-corrected chi connectivity index (χ3v) is 3.96. The minimum Gasteiger partial charge on any atom is -0.358 e. The van der Waals surface area contributed by atoms with Crippen LogP contribution in [0.1, 0.15) is 23.5 Å². The number of hydrogen-bond acceptors (Lipinski definition) is 1. The van der Waals surface area contributed by atoms with Crippen LogP contribution in [-0.4, -0.2) is 18.6 Å². The first kappa shape index (κ1) is 13.8. The van der Waals surface area contributed by atoms with Gasteiger partial charge in [-0.3, -0.25) is 0 Å². The van der Waals surface area contributed by atoms with Crippen LogP contribution in [0.2, 0.25) is 0 Å². The standard InChI is InChI=1S/C18H19FN2/c1-20-11-10-14(13-6-3-2-4-7-13)16-12-21-18-15(16)8-5-9-17(18)19/h2-9,12,14,20-21H,10-11H2,1H3. The summed E-state index contributed by atoms with van der Waals surface area (Å²) in [5.41, 5.74) is 3.02. The number of benzene rings is 2. The highest BCUT2D eigenvalue weighted by molar-refractivity contribution is 5.84. The van der Waals surface area contributed by atoms with Crippen LogP contribution in [0.3, 0.4) is 0 Å². The van der Waals surface area contributed by atoms with Gasteiger partial charge in [0.25, 0.3) is 0 Å². The Kier molecular flexibility index (Phi) is 4.02. The minimum absolute atomic E-state index is 0.195. The fraction of sp³-hybridized carbons (Fsp3) is 0.222. The first-order valence-electron chi connectivity index (χ1n) is 7.26. The van der Waals surface area contributed by atoms with Gasteiger partial charge >= 0.3 is 0 Å². The molecule has 2 aromatic carbocycles. The van der Waals surface area contributed by atoms with E-state index in [1.54, 1.807) is 6.07 Å². The molecule has 0 radical (unpaired) electrons. The fourth-order valence-corrected chi connectivity index (χ4v) is 2.90. The van der Waals surface area contributed by atoms with Crippen molar-refractivity contribution in [2.24, 2.45) is 0 Å². The van der Waals surface area contributed by atoms with Gasteiger partial charge in [-0.15, -0.1) is 0 Å². The van der Waals surface area contributed by atoms with Crippen LogP contribution in [0.5, 0.6) is 0 Å². The van der Waals surface area contributed by atoms with Crippen LogP contribution >= 0.6 is 0 Å². The Balaban J connectivity index is 2.08. The number of hydrogen-bond donors (Lipinski definition) is 2. The number of halogens is 1. The van der Waals surface area contributed by atoms with Gasteiger partial charge in [-0.2, -0.15) is 0 Å². The van der Waals surface area contributed by atoms with E-state index in [1.165, 1.54) is 11.6 Å². The lowest BCUT2D eigenvalue weighted by Crippen LogP contribution is -2.13. The van der Waals surface area contributed by atoms with Gasteiger partial charge in [-0.1, -0.05) is 42.5 Å². The van der Waals surface area contributed by atoms with Gasteiger partial charge in [0, 0.05) is 17.5 Å². The van der Waals surface area contributed by atoms with Crippen molar-refractivity contribution in [2.75, 3.05) is 13.6 Å². The van der Waals surface area contributed by atoms with E-state index in [0.29, 0.717) is 5.52 Å². The van der Waals surface area contributed by atoms with E-state index < -0.39 is 0 Å². The van der Waals surface area contributed by atoms with Crippen molar-refractivity contribution in [2.45, 2.75) is 12.3 Å². The predicted molar refractivity (Wildman–Crippen MR) is 85.1 cm³/mol. The molecular weight excluding hydrogens is 263 g/mol. The normalized spacial score (nSPS) is 12.7. The predicted octanol–water partition coefficient (Wildman–Crippen LogP) is 4.05. The molecule has 2 nitrogen and oxygen atoms in total. The smallest absolute Gasteiger partial charge is 0.147 e. The molecule has 0 amide bonds. The summed E-state index contributed by atoms with van der Waals surface area (Å²) in [6.07, 6.45) is 2.92. The molecule has 3 aromatic rings. The molecule has 0 bridgehead atoms. The maximum atomic E-state index is 13.9. The largest absolute Gasteiger partial charge is 0.358 e. The van der Waals surface area contributed by atoms with Gasteiger partial charge in [-0.25, -0.2) is 4.39 Å². The van der Waals surface area contributed by atoms with Crippen LogP contribution in [-0.2, 0) is 0 Å². The summed E-state index contributed by atoms with van der Waals surface area (Å²) in [4.78, 5) is 3.09. The van der Waals surface area contributed by atoms with E-state index >= 15 is 0 Å². The summed E-state index contributed by atoms with van der Waals surface area (Å²) in [5, 5.41) is 4.18. The minimum atomic E-state index is -0.195. The van der Waals surface area contributed by atoms with E-state index in [0.717, 1.165) is 23.9 Å². The van der Waals surface area contributed by atoms with Gasteiger partial charge in [0.15, 0.2) is 0 Å². The summed E-state index contributed by atoms with van der Waals surface area (Å²) in [6, 6.07) is 15.7. The van der Waals surface area contributed by atoms with Crippen LogP contribution in [0, 0.1) is 5.82 Å². The molecule has 3 heteroatoms. The monoisotopic (exact) mass is 282 g/mol. The van der Waals surface area contributed by atoms with E-state index in [4.69, 9.17) is 0 Å². The third kappa shape index (κ3) is 2.69. The lowest BCUT2D eigenvalue weighted by atomic mass is 9.88. The highest BCUT2D eigenvalue weighted by Crippen LogP contribution is 2.33. The molecule has 21 heavy (non-hydrogen) atoms. The lowest BCUT2D eigenvalue weighted by molar-refractivity contribution is 0.637. The highest BCUT2D eigenvalue weighted by atomic mass is 19.1. The number of fused-ring (bicyclic) bond motifs is 1. The van der Waals surface area contributed by atoms with E-state index in [9.17, 15) is 4.39 Å². The molecule has 0 spiro atoms. The molecule has 1 aromatic heterocycles. The molecule has 1 atom stereocenters. The Hall–Kier alpha value is -2.13. The van der Waals surface area contributed by atoms with Gasteiger partial charge in [-0.05, 0) is 37.2 Å². The molecule has 3 rings (SSSR count). The van der Waals surface area contributed by atoms with Crippen molar-refractivity contribution in [3.63, 3.8) is 0 Å². The quantitative estimate of drug-likeness (QED) is 0.726. The van der Waals surface area contributed by atoms with Crippen molar-refractivity contribution in [1.82, 2.24) is 10.3 Å². The molecule has 2 N–H and O–H groups in total. The highest BCUT2D eigenvalue weighted by Gasteiger charge is 2.18. The molecule has 0 aliphatic rings. The number of rotatable bonds is 5. The molecular formula is C18H19FN2. The van der Waals surface area contributed by atoms with Gasteiger partial charge < -0.3 is 10.3 Å².